The number of halogens is 2. The van der Waals surface area contributed by atoms with Crippen LogP contribution in [0.2, 0.25) is 5.02 Å². The summed E-state index contributed by atoms with van der Waals surface area (Å²) in [5.74, 6) is 0.696. The van der Waals surface area contributed by atoms with Gasteiger partial charge < -0.3 is 14.4 Å². The molecule has 0 N–H and O–H groups in total. The number of carbonyl (C=O) groups excluding carboxylic acids is 1. The van der Waals surface area contributed by atoms with Gasteiger partial charge in [0.05, 0.1) is 19.2 Å². The average Bonchev–Trinajstić information content (AvgIpc) is 2.66. The van der Waals surface area contributed by atoms with Crippen molar-refractivity contribution in [1.82, 2.24) is 4.90 Å². The number of nitrogens with zero attached hydrogens (tertiary/aromatic N) is 1. The molecule has 6 heteroatoms. The van der Waals surface area contributed by atoms with Crippen molar-refractivity contribution >= 4 is 23.6 Å². The van der Waals surface area contributed by atoms with Gasteiger partial charge in [0.15, 0.2) is 11.5 Å². The minimum atomic E-state index is -0.484. The molecule has 0 saturated carbocycles. The molecule has 0 heterocycles. The Morgan fingerprint density at radius 2 is 1.88 bits per heavy atom. The van der Waals surface area contributed by atoms with E-state index < -0.39 is 5.82 Å². The fraction of sp³-hybridized carbons (Fsp3) is 0.250. The Kier molecular flexibility index (Phi) is 7.04. The maximum absolute atomic E-state index is 13.1. The molecule has 1 amide bonds. The predicted octanol–water partition coefficient (Wildman–Crippen LogP) is 4.21. The normalized spacial score (nSPS) is 10.8. The van der Waals surface area contributed by atoms with E-state index in [1.54, 1.807) is 38.3 Å². The third-order valence-electron chi connectivity index (χ3n) is 3.92. The first-order valence-corrected chi connectivity index (χ1v) is 8.41. The molecular weight excluding hydrogens is 357 g/mol. The van der Waals surface area contributed by atoms with Crippen molar-refractivity contribution in [2.45, 2.75) is 6.42 Å². The molecule has 0 aliphatic heterocycles. The van der Waals surface area contributed by atoms with E-state index in [1.807, 2.05) is 18.2 Å². The van der Waals surface area contributed by atoms with Crippen LogP contribution in [0, 0.1) is 5.82 Å². The fourth-order valence-corrected chi connectivity index (χ4v) is 2.54. The number of hydrogen-bond donors (Lipinski definition) is 0. The fourth-order valence-electron chi connectivity index (χ4n) is 2.35. The van der Waals surface area contributed by atoms with Crippen LogP contribution in [-0.4, -0.2) is 38.6 Å². The molecule has 0 atom stereocenters. The summed E-state index contributed by atoms with van der Waals surface area (Å²) in [6.07, 6.45) is 3.73. The van der Waals surface area contributed by atoms with Gasteiger partial charge in [-0.3, -0.25) is 4.79 Å². The summed E-state index contributed by atoms with van der Waals surface area (Å²) in [6.45, 7) is 0.544. The number of benzene rings is 2. The van der Waals surface area contributed by atoms with Crippen LogP contribution in [0.1, 0.15) is 11.1 Å². The Morgan fingerprint density at radius 3 is 2.54 bits per heavy atom. The summed E-state index contributed by atoms with van der Waals surface area (Å²) in [5, 5.41) is 0.0291. The first-order valence-electron chi connectivity index (χ1n) is 8.03. The molecule has 0 unspecified atom stereocenters. The van der Waals surface area contributed by atoms with Crippen molar-refractivity contribution < 1.29 is 18.7 Å². The van der Waals surface area contributed by atoms with Crippen LogP contribution < -0.4 is 9.47 Å². The van der Waals surface area contributed by atoms with E-state index in [0.29, 0.717) is 30.0 Å². The summed E-state index contributed by atoms with van der Waals surface area (Å²) in [5.41, 5.74) is 1.70. The molecule has 0 radical (unpaired) electrons. The van der Waals surface area contributed by atoms with Crippen LogP contribution in [-0.2, 0) is 11.2 Å². The quantitative estimate of drug-likeness (QED) is 0.678. The van der Waals surface area contributed by atoms with Gasteiger partial charge in [-0.25, -0.2) is 4.39 Å². The Hall–Kier alpha value is -2.53. The zero-order valence-corrected chi connectivity index (χ0v) is 15.7. The Morgan fingerprint density at radius 1 is 1.15 bits per heavy atom. The number of methoxy groups -OCH3 is 2. The van der Waals surface area contributed by atoms with Crippen molar-refractivity contribution in [3.05, 3.63) is 64.4 Å². The van der Waals surface area contributed by atoms with Crippen LogP contribution >= 0.6 is 11.6 Å². The summed E-state index contributed by atoms with van der Waals surface area (Å²) < 4.78 is 23.6. The number of carbonyl (C=O) groups is 1. The highest BCUT2D eigenvalue weighted by molar-refractivity contribution is 6.30. The molecule has 0 aliphatic rings. The van der Waals surface area contributed by atoms with E-state index in [0.717, 1.165) is 5.56 Å². The summed E-state index contributed by atoms with van der Waals surface area (Å²) in [4.78, 5) is 13.8. The van der Waals surface area contributed by atoms with Gasteiger partial charge in [-0.2, -0.15) is 0 Å². The van der Waals surface area contributed by atoms with E-state index in [-0.39, 0.29) is 10.9 Å². The summed E-state index contributed by atoms with van der Waals surface area (Å²) in [7, 11) is 4.90. The van der Waals surface area contributed by atoms with Crippen LogP contribution in [0.3, 0.4) is 0 Å². The minimum absolute atomic E-state index is 0.0291. The summed E-state index contributed by atoms with van der Waals surface area (Å²) >= 11 is 5.73. The van der Waals surface area contributed by atoms with Gasteiger partial charge in [0.2, 0.25) is 5.91 Å². The molecule has 0 aliphatic carbocycles. The van der Waals surface area contributed by atoms with Crippen LogP contribution in [0.25, 0.3) is 6.08 Å². The second-order valence-corrected chi connectivity index (χ2v) is 6.11. The van der Waals surface area contributed by atoms with Gasteiger partial charge in [-0.1, -0.05) is 23.7 Å². The lowest BCUT2D eigenvalue weighted by Crippen LogP contribution is -2.27. The Bertz CT molecular complexity index is 808. The predicted molar refractivity (Wildman–Crippen MR) is 101 cm³/mol. The van der Waals surface area contributed by atoms with E-state index >= 15 is 0 Å². The maximum Gasteiger partial charge on any atom is 0.246 e. The number of rotatable bonds is 7. The van der Waals surface area contributed by atoms with E-state index in [9.17, 15) is 9.18 Å². The SMILES string of the molecule is COc1ccc(CCN(C)C(=O)/C=C/c2ccc(F)c(Cl)c2)cc1OC. The third-order valence-corrected chi connectivity index (χ3v) is 4.21. The van der Waals surface area contributed by atoms with Crippen molar-refractivity contribution in [1.29, 1.82) is 0 Å². The molecule has 2 aromatic carbocycles. The second kappa shape index (κ2) is 9.25. The summed E-state index contributed by atoms with van der Waals surface area (Å²) in [6, 6.07) is 9.99. The zero-order chi connectivity index (χ0) is 19.1. The monoisotopic (exact) mass is 377 g/mol. The standard InChI is InChI=1S/C20H21ClFNO3/c1-23(11-10-15-5-8-18(25-2)19(13-15)26-3)20(24)9-6-14-4-7-17(22)16(21)12-14/h4-9,12-13H,10-11H2,1-3H3/b9-6+. The number of amides is 1. The third kappa shape index (κ3) is 5.23. The van der Waals surface area contributed by atoms with Gasteiger partial charge in [0.1, 0.15) is 5.82 Å². The number of ether oxygens (including phenoxy) is 2. The van der Waals surface area contributed by atoms with Gasteiger partial charge in [0.25, 0.3) is 0 Å². The van der Waals surface area contributed by atoms with E-state index in [4.69, 9.17) is 21.1 Å². The van der Waals surface area contributed by atoms with Gasteiger partial charge in [-0.15, -0.1) is 0 Å². The van der Waals surface area contributed by atoms with Crippen LogP contribution in [0.15, 0.2) is 42.5 Å². The highest BCUT2D eigenvalue weighted by Gasteiger charge is 2.08. The largest absolute Gasteiger partial charge is 0.493 e. The molecule has 0 spiro atoms. The van der Waals surface area contributed by atoms with Gasteiger partial charge in [-0.05, 0) is 47.9 Å². The lowest BCUT2D eigenvalue weighted by molar-refractivity contribution is -0.124. The molecule has 0 bridgehead atoms. The molecular formula is C20H21ClFNO3. The van der Waals surface area contributed by atoms with Crippen LogP contribution in [0.4, 0.5) is 4.39 Å². The highest BCUT2D eigenvalue weighted by Crippen LogP contribution is 2.27. The first kappa shape index (κ1) is 19.8. The first-order chi connectivity index (χ1) is 12.4. The molecule has 26 heavy (non-hydrogen) atoms. The van der Waals surface area contributed by atoms with Crippen molar-refractivity contribution in [3.8, 4) is 11.5 Å². The zero-order valence-electron chi connectivity index (χ0n) is 15.0. The number of hydrogen-bond acceptors (Lipinski definition) is 3. The molecule has 0 saturated heterocycles. The smallest absolute Gasteiger partial charge is 0.246 e. The Balaban J connectivity index is 1.94. The molecule has 0 aromatic heterocycles. The molecule has 2 aromatic rings. The lowest BCUT2D eigenvalue weighted by atomic mass is 10.1. The molecule has 4 nitrogen and oxygen atoms in total. The lowest BCUT2D eigenvalue weighted by Gasteiger charge is -2.16. The van der Waals surface area contributed by atoms with Crippen molar-refractivity contribution in [2.75, 3.05) is 27.8 Å². The highest BCUT2D eigenvalue weighted by atomic mass is 35.5. The van der Waals surface area contributed by atoms with Gasteiger partial charge >= 0.3 is 0 Å². The molecule has 2 rings (SSSR count). The topological polar surface area (TPSA) is 38.8 Å². The van der Waals surface area contributed by atoms with Crippen molar-refractivity contribution in [2.24, 2.45) is 0 Å². The molecule has 0 fully saturated rings. The van der Waals surface area contributed by atoms with E-state index in [1.165, 1.54) is 18.2 Å². The minimum Gasteiger partial charge on any atom is -0.493 e. The second-order valence-electron chi connectivity index (χ2n) is 5.71. The van der Waals surface area contributed by atoms with Crippen molar-refractivity contribution in [3.63, 3.8) is 0 Å². The van der Waals surface area contributed by atoms with Crippen LogP contribution in [0.5, 0.6) is 11.5 Å². The average molecular weight is 378 g/mol. The molecule has 138 valence electrons. The number of likely N-dealkylation sites (N-methyl/N-ethyl adjacent to an activating group) is 1. The maximum atomic E-state index is 13.1. The van der Waals surface area contributed by atoms with Gasteiger partial charge in [0, 0.05) is 19.7 Å². The van der Waals surface area contributed by atoms with E-state index in [2.05, 4.69) is 0 Å². The Labute approximate surface area is 157 Å².